The van der Waals surface area contributed by atoms with Crippen LogP contribution in [0.25, 0.3) is 5.69 Å². The number of benzene rings is 1. The summed E-state index contributed by atoms with van der Waals surface area (Å²) in [6.07, 6.45) is 2.93. The Morgan fingerprint density at radius 2 is 2.06 bits per heavy atom. The van der Waals surface area contributed by atoms with Crippen molar-refractivity contribution in [1.82, 2.24) is 9.78 Å². The van der Waals surface area contributed by atoms with E-state index in [1.54, 1.807) is 6.07 Å². The Morgan fingerprint density at radius 1 is 1.31 bits per heavy atom. The highest BCUT2D eigenvalue weighted by atomic mass is 32.3. The molecule has 7 heteroatoms. The number of rotatable bonds is 2. The lowest BCUT2D eigenvalue weighted by atomic mass is 10.3. The van der Waals surface area contributed by atoms with Crippen molar-refractivity contribution in [2.24, 2.45) is 0 Å². The average Bonchev–Trinajstić information content (AvgIpc) is 2.69. The van der Waals surface area contributed by atoms with Gasteiger partial charge in [-0.25, -0.2) is 9.07 Å². The second-order valence-electron chi connectivity index (χ2n) is 3.00. The third-order valence-corrected chi connectivity index (χ3v) is 2.77. The van der Waals surface area contributed by atoms with Crippen LogP contribution in [0.15, 0.2) is 41.6 Å². The molecule has 16 heavy (non-hydrogen) atoms. The molecule has 0 radical (unpaired) electrons. The Kier molecular flexibility index (Phi) is 2.47. The number of halogens is 2. The lowest BCUT2D eigenvalue weighted by Gasteiger charge is -2.03. The van der Waals surface area contributed by atoms with Crippen molar-refractivity contribution in [3.8, 4) is 5.69 Å². The van der Waals surface area contributed by atoms with Crippen molar-refractivity contribution in [2.75, 3.05) is 0 Å². The van der Waals surface area contributed by atoms with E-state index in [9.17, 15) is 16.7 Å². The van der Waals surface area contributed by atoms with Crippen LogP contribution in [0.4, 0.5) is 8.28 Å². The predicted molar refractivity (Wildman–Crippen MR) is 51.8 cm³/mol. The first-order valence-electron chi connectivity index (χ1n) is 4.23. The minimum Gasteiger partial charge on any atom is -0.238 e. The van der Waals surface area contributed by atoms with Crippen molar-refractivity contribution < 1.29 is 16.7 Å². The molecule has 0 atom stereocenters. The Morgan fingerprint density at radius 3 is 2.56 bits per heavy atom. The molecule has 0 bridgehead atoms. The zero-order valence-electron chi connectivity index (χ0n) is 7.84. The van der Waals surface area contributed by atoms with Crippen molar-refractivity contribution in [1.29, 1.82) is 0 Å². The molecule has 0 saturated carbocycles. The molecule has 0 aliphatic heterocycles. The van der Waals surface area contributed by atoms with E-state index < -0.39 is 20.9 Å². The molecular weight excluding hydrogens is 238 g/mol. The standard InChI is InChI=1S/C9H6F2N2O2S/c10-8-6-7(16(11,14)15)2-3-9(8)13-5-1-4-12-13/h1-6H. The molecule has 84 valence electrons. The lowest BCUT2D eigenvalue weighted by molar-refractivity contribution is 0.548. The van der Waals surface area contributed by atoms with E-state index in [0.717, 1.165) is 12.1 Å². The number of hydrogen-bond donors (Lipinski definition) is 0. The summed E-state index contributed by atoms with van der Waals surface area (Å²) in [4.78, 5) is -0.707. The van der Waals surface area contributed by atoms with Crippen molar-refractivity contribution in [3.05, 3.63) is 42.5 Å². The Labute approximate surface area is 90.3 Å². The smallest absolute Gasteiger partial charge is 0.238 e. The molecular formula is C9H6F2N2O2S. The summed E-state index contributed by atoms with van der Waals surface area (Å²) in [7, 11) is -4.88. The molecule has 2 rings (SSSR count). The van der Waals surface area contributed by atoms with Crippen LogP contribution in [0.3, 0.4) is 0 Å². The van der Waals surface area contributed by atoms with Gasteiger partial charge < -0.3 is 0 Å². The molecule has 1 heterocycles. The van der Waals surface area contributed by atoms with Crippen LogP contribution < -0.4 is 0 Å². The van der Waals surface area contributed by atoms with Gasteiger partial charge in [-0.2, -0.15) is 13.5 Å². The Bertz CT molecular complexity index is 608. The molecule has 0 aliphatic carbocycles. The maximum atomic E-state index is 13.5. The Balaban J connectivity index is 2.54. The van der Waals surface area contributed by atoms with E-state index in [0.29, 0.717) is 6.07 Å². The fourth-order valence-corrected chi connectivity index (χ4v) is 1.71. The van der Waals surface area contributed by atoms with Crippen molar-refractivity contribution >= 4 is 10.2 Å². The van der Waals surface area contributed by atoms with Gasteiger partial charge >= 0.3 is 10.2 Å². The fourth-order valence-electron chi connectivity index (χ4n) is 1.24. The molecule has 1 aromatic heterocycles. The lowest BCUT2D eigenvalue weighted by Crippen LogP contribution is -2.00. The average molecular weight is 244 g/mol. The van der Waals surface area contributed by atoms with E-state index in [2.05, 4.69) is 5.10 Å². The van der Waals surface area contributed by atoms with E-state index in [4.69, 9.17) is 0 Å². The van der Waals surface area contributed by atoms with Gasteiger partial charge in [0.2, 0.25) is 0 Å². The SMILES string of the molecule is O=S(=O)(F)c1ccc(-n2cccn2)c(F)c1. The normalized spacial score (nSPS) is 11.6. The highest BCUT2D eigenvalue weighted by molar-refractivity contribution is 7.86. The van der Waals surface area contributed by atoms with Crippen molar-refractivity contribution in [3.63, 3.8) is 0 Å². The summed E-state index contributed by atoms with van der Waals surface area (Å²) in [6, 6.07) is 4.33. The second-order valence-corrected chi connectivity index (χ2v) is 4.35. The summed E-state index contributed by atoms with van der Waals surface area (Å²) in [5, 5.41) is 3.77. The highest BCUT2D eigenvalue weighted by Crippen LogP contribution is 2.18. The van der Waals surface area contributed by atoms with Gasteiger partial charge in [-0.3, -0.25) is 0 Å². The van der Waals surface area contributed by atoms with Gasteiger partial charge in [0.25, 0.3) is 0 Å². The third-order valence-electron chi connectivity index (χ3n) is 1.95. The van der Waals surface area contributed by atoms with Gasteiger partial charge in [0.05, 0.1) is 0 Å². The summed E-state index contributed by atoms with van der Waals surface area (Å²) < 4.78 is 48.3. The highest BCUT2D eigenvalue weighted by Gasteiger charge is 2.15. The maximum absolute atomic E-state index is 13.5. The van der Waals surface area contributed by atoms with Gasteiger partial charge in [-0.15, -0.1) is 3.89 Å². The van der Waals surface area contributed by atoms with Crippen LogP contribution in [0.2, 0.25) is 0 Å². The molecule has 2 aromatic rings. The predicted octanol–water partition coefficient (Wildman–Crippen LogP) is 1.67. The molecule has 0 aliphatic rings. The minimum atomic E-state index is -4.88. The van der Waals surface area contributed by atoms with Crippen LogP contribution in [0.5, 0.6) is 0 Å². The number of aromatic nitrogens is 2. The molecule has 0 saturated heterocycles. The van der Waals surface area contributed by atoms with Gasteiger partial charge in [0.15, 0.2) is 0 Å². The molecule has 1 aromatic carbocycles. The van der Waals surface area contributed by atoms with Gasteiger partial charge in [0.1, 0.15) is 16.4 Å². The van der Waals surface area contributed by atoms with Crippen LogP contribution in [0.1, 0.15) is 0 Å². The third kappa shape index (κ3) is 1.94. The minimum absolute atomic E-state index is 0.0531. The summed E-state index contributed by atoms with van der Waals surface area (Å²) >= 11 is 0. The van der Waals surface area contributed by atoms with E-state index in [1.807, 2.05) is 0 Å². The van der Waals surface area contributed by atoms with E-state index >= 15 is 0 Å². The zero-order chi connectivity index (χ0) is 11.8. The number of nitrogens with zero attached hydrogens (tertiary/aromatic N) is 2. The summed E-state index contributed by atoms with van der Waals surface area (Å²) in [5.41, 5.74) is 0.0531. The monoisotopic (exact) mass is 244 g/mol. The van der Waals surface area contributed by atoms with Crippen molar-refractivity contribution in [2.45, 2.75) is 4.90 Å². The molecule has 0 fully saturated rings. The molecule has 0 unspecified atom stereocenters. The zero-order valence-corrected chi connectivity index (χ0v) is 8.66. The second kappa shape index (κ2) is 3.67. The first-order chi connectivity index (χ1) is 7.48. The van der Waals surface area contributed by atoms with Crippen LogP contribution >= 0.6 is 0 Å². The fraction of sp³-hybridized carbons (Fsp3) is 0. The topological polar surface area (TPSA) is 52.0 Å². The van der Waals surface area contributed by atoms with E-state index in [1.165, 1.54) is 17.1 Å². The molecule has 4 nitrogen and oxygen atoms in total. The Hall–Kier alpha value is -1.76. The molecule has 0 N–H and O–H groups in total. The van der Waals surface area contributed by atoms with Gasteiger partial charge in [-0.05, 0) is 24.3 Å². The van der Waals surface area contributed by atoms with Gasteiger partial charge in [-0.1, -0.05) is 0 Å². The van der Waals surface area contributed by atoms with Crippen LogP contribution in [0, 0.1) is 5.82 Å². The quantitative estimate of drug-likeness (QED) is 0.755. The van der Waals surface area contributed by atoms with Crippen LogP contribution in [-0.2, 0) is 10.2 Å². The first kappa shape index (κ1) is 10.7. The number of hydrogen-bond acceptors (Lipinski definition) is 3. The largest absolute Gasteiger partial charge is 0.332 e. The van der Waals surface area contributed by atoms with E-state index in [-0.39, 0.29) is 5.69 Å². The molecule has 0 spiro atoms. The first-order valence-corrected chi connectivity index (χ1v) is 5.61. The molecule has 0 amide bonds. The summed E-state index contributed by atoms with van der Waals surface area (Å²) in [6.45, 7) is 0. The maximum Gasteiger partial charge on any atom is 0.332 e. The van der Waals surface area contributed by atoms with Crippen LogP contribution in [-0.4, -0.2) is 18.2 Å². The van der Waals surface area contributed by atoms with Gasteiger partial charge in [0, 0.05) is 12.4 Å². The summed E-state index contributed by atoms with van der Waals surface area (Å²) in [5.74, 6) is -0.859.